The summed E-state index contributed by atoms with van der Waals surface area (Å²) >= 11 is 0. The second-order valence-corrected chi connectivity index (χ2v) is 9.35. The molecular weight excluding hydrogens is 402 g/mol. The maximum absolute atomic E-state index is 13.5. The topological polar surface area (TPSA) is 61.8 Å². The first-order chi connectivity index (χ1) is 15.6. The van der Waals surface area contributed by atoms with E-state index in [0.717, 1.165) is 55.4 Å². The van der Waals surface area contributed by atoms with Gasteiger partial charge in [-0.3, -0.25) is 4.79 Å². The van der Waals surface area contributed by atoms with Gasteiger partial charge in [0.05, 0.1) is 12.5 Å². The average Bonchev–Trinajstić information content (AvgIpc) is 3.66. The number of carbonyl (C=O) groups excluding carboxylic acids is 1. The number of benzene rings is 1. The van der Waals surface area contributed by atoms with Crippen LogP contribution in [0.25, 0.3) is 0 Å². The highest BCUT2D eigenvalue weighted by molar-refractivity contribution is 5.92. The van der Waals surface area contributed by atoms with E-state index in [-0.39, 0.29) is 5.91 Å². The average molecular weight is 436 g/mol. The van der Waals surface area contributed by atoms with Gasteiger partial charge < -0.3 is 19.4 Å². The molecule has 170 valence electrons. The highest BCUT2D eigenvalue weighted by Gasteiger charge is 2.54. The van der Waals surface area contributed by atoms with Crippen LogP contribution in [-0.2, 0) is 10.2 Å². The number of para-hydroxylation sites is 1. The lowest BCUT2D eigenvalue weighted by atomic mass is 9.93. The van der Waals surface area contributed by atoms with Crippen LogP contribution in [0.1, 0.15) is 44.6 Å². The SMILES string of the molecule is COc1ccccc1C1(C(=O)N2CCN(c3ccc(N4CCCCC4C)nn3)CC2)CC1. The van der Waals surface area contributed by atoms with Gasteiger partial charge >= 0.3 is 0 Å². The summed E-state index contributed by atoms with van der Waals surface area (Å²) in [6.45, 7) is 6.31. The highest BCUT2D eigenvalue weighted by atomic mass is 16.5. The molecule has 2 aliphatic heterocycles. The fourth-order valence-corrected chi connectivity index (χ4v) is 5.28. The maximum atomic E-state index is 13.5. The number of amides is 1. The van der Waals surface area contributed by atoms with E-state index < -0.39 is 5.41 Å². The molecule has 3 fully saturated rings. The Kier molecular flexibility index (Phi) is 5.66. The minimum Gasteiger partial charge on any atom is -0.496 e. The van der Waals surface area contributed by atoms with E-state index in [1.165, 1.54) is 19.3 Å². The molecule has 1 aliphatic carbocycles. The third-order valence-corrected chi connectivity index (χ3v) is 7.41. The molecular formula is C25H33N5O2. The molecule has 3 heterocycles. The zero-order chi connectivity index (χ0) is 22.1. The van der Waals surface area contributed by atoms with E-state index in [4.69, 9.17) is 4.74 Å². The number of piperazine rings is 1. The number of ether oxygens (including phenoxy) is 1. The first-order valence-corrected chi connectivity index (χ1v) is 11.9. The van der Waals surface area contributed by atoms with E-state index in [2.05, 4.69) is 39.1 Å². The fourth-order valence-electron chi connectivity index (χ4n) is 5.28. The van der Waals surface area contributed by atoms with Gasteiger partial charge in [-0.25, -0.2) is 0 Å². The molecule has 7 nitrogen and oxygen atoms in total. The molecule has 1 amide bonds. The summed E-state index contributed by atoms with van der Waals surface area (Å²) in [6, 6.07) is 12.7. The molecule has 0 N–H and O–H groups in total. The Bertz CT molecular complexity index is 951. The summed E-state index contributed by atoms with van der Waals surface area (Å²) in [4.78, 5) is 20.1. The Balaban J connectivity index is 1.22. The monoisotopic (exact) mass is 435 g/mol. The van der Waals surface area contributed by atoms with Gasteiger partial charge in [-0.2, -0.15) is 0 Å². The van der Waals surface area contributed by atoms with Gasteiger partial charge in [0.1, 0.15) is 5.75 Å². The number of nitrogens with zero attached hydrogens (tertiary/aromatic N) is 5. The van der Waals surface area contributed by atoms with Crippen LogP contribution in [0.15, 0.2) is 36.4 Å². The summed E-state index contributed by atoms with van der Waals surface area (Å²) in [5.41, 5.74) is 0.629. The van der Waals surface area contributed by atoms with Crippen molar-refractivity contribution in [2.45, 2.75) is 50.5 Å². The van der Waals surface area contributed by atoms with Crippen molar-refractivity contribution < 1.29 is 9.53 Å². The predicted molar refractivity (Wildman–Crippen MR) is 125 cm³/mol. The van der Waals surface area contributed by atoms with Crippen LogP contribution < -0.4 is 14.5 Å². The summed E-state index contributed by atoms with van der Waals surface area (Å²) in [5, 5.41) is 9.06. The number of hydrogen-bond acceptors (Lipinski definition) is 6. The molecule has 7 heteroatoms. The van der Waals surface area contributed by atoms with Crippen molar-refractivity contribution in [1.29, 1.82) is 0 Å². The van der Waals surface area contributed by atoms with Crippen molar-refractivity contribution in [3.63, 3.8) is 0 Å². The van der Waals surface area contributed by atoms with E-state index in [9.17, 15) is 4.79 Å². The van der Waals surface area contributed by atoms with Crippen molar-refractivity contribution in [1.82, 2.24) is 15.1 Å². The van der Waals surface area contributed by atoms with Crippen molar-refractivity contribution in [2.24, 2.45) is 0 Å². The van der Waals surface area contributed by atoms with Gasteiger partial charge in [0, 0.05) is 44.3 Å². The Labute approximate surface area is 190 Å². The normalized spacial score (nSPS) is 22.6. The van der Waals surface area contributed by atoms with Crippen LogP contribution >= 0.6 is 0 Å². The van der Waals surface area contributed by atoms with Crippen molar-refractivity contribution in [3.05, 3.63) is 42.0 Å². The van der Waals surface area contributed by atoms with Gasteiger partial charge in [-0.05, 0) is 57.2 Å². The Morgan fingerprint density at radius 1 is 0.969 bits per heavy atom. The molecule has 32 heavy (non-hydrogen) atoms. The van der Waals surface area contributed by atoms with Gasteiger partial charge in [0.25, 0.3) is 0 Å². The molecule has 1 unspecified atom stereocenters. The number of methoxy groups -OCH3 is 1. The number of piperidine rings is 1. The summed E-state index contributed by atoms with van der Waals surface area (Å²) < 4.78 is 5.55. The molecule has 2 saturated heterocycles. The van der Waals surface area contributed by atoms with Crippen molar-refractivity contribution in [3.8, 4) is 5.75 Å². The van der Waals surface area contributed by atoms with Crippen molar-refractivity contribution >= 4 is 17.5 Å². The molecule has 1 aromatic heterocycles. The Morgan fingerprint density at radius 2 is 1.69 bits per heavy atom. The quantitative estimate of drug-likeness (QED) is 0.719. The van der Waals surface area contributed by atoms with Crippen LogP contribution in [-0.4, -0.2) is 66.9 Å². The van der Waals surface area contributed by atoms with Gasteiger partial charge in [-0.15, -0.1) is 10.2 Å². The summed E-state index contributed by atoms with van der Waals surface area (Å²) in [7, 11) is 1.68. The van der Waals surface area contributed by atoms with E-state index in [1.54, 1.807) is 7.11 Å². The lowest BCUT2D eigenvalue weighted by molar-refractivity contribution is -0.134. The van der Waals surface area contributed by atoms with Crippen LogP contribution in [0.3, 0.4) is 0 Å². The predicted octanol–water partition coefficient (Wildman–Crippen LogP) is 3.24. The van der Waals surface area contributed by atoms with E-state index in [1.807, 2.05) is 29.2 Å². The molecule has 3 aliphatic rings. The summed E-state index contributed by atoms with van der Waals surface area (Å²) in [5.74, 6) is 2.93. The number of carbonyl (C=O) groups is 1. The molecule has 0 spiro atoms. The maximum Gasteiger partial charge on any atom is 0.233 e. The second kappa shape index (κ2) is 8.60. The van der Waals surface area contributed by atoms with E-state index in [0.29, 0.717) is 19.1 Å². The summed E-state index contributed by atoms with van der Waals surface area (Å²) in [6.07, 6.45) is 5.53. The van der Waals surface area contributed by atoms with Gasteiger partial charge in [0.2, 0.25) is 5.91 Å². The smallest absolute Gasteiger partial charge is 0.233 e. The molecule has 1 atom stereocenters. The number of aromatic nitrogens is 2. The van der Waals surface area contributed by atoms with E-state index >= 15 is 0 Å². The first-order valence-electron chi connectivity index (χ1n) is 11.9. The highest BCUT2D eigenvalue weighted by Crippen LogP contribution is 2.52. The molecule has 2 aromatic rings. The molecule has 0 bridgehead atoms. The fraction of sp³-hybridized carbons (Fsp3) is 0.560. The van der Waals surface area contributed by atoms with Crippen LogP contribution in [0.5, 0.6) is 5.75 Å². The minimum absolute atomic E-state index is 0.238. The number of rotatable bonds is 5. The lowest BCUT2D eigenvalue weighted by Gasteiger charge is -2.37. The lowest BCUT2D eigenvalue weighted by Crippen LogP contribution is -2.52. The van der Waals surface area contributed by atoms with Gasteiger partial charge in [0.15, 0.2) is 11.6 Å². The Morgan fingerprint density at radius 3 is 2.34 bits per heavy atom. The first kappa shape index (κ1) is 21.0. The number of anilines is 2. The molecule has 1 aromatic carbocycles. The zero-order valence-electron chi connectivity index (χ0n) is 19.2. The molecule has 5 rings (SSSR count). The standard InChI is InChI=1S/C25H33N5O2/c1-19-7-5-6-14-30(19)23-11-10-22(26-27-23)28-15-17-29(18-16-28)24(31)25(12-13-25)20-8-3-4-9-21(20)32-2/h3-4,8-11,19H,5-7,12-18H2,1-2H3. The zero-order valence-corrected chi connectivity index (χ0v) is 19.2. The Hall–Kier alpha value is -2.83. The van der Waals surface area contributed by atoms with Crippen molar-refractivity contribution in [2.75, 3.05) is 49.6 Å². The largest absolute Gasteiger partial charge is 0.496 e. The van der Waals surface area contributed by atoms with Gasteiger partial charge in [-0.1, -0.05) is 18.2 Å². The third kappa shape index (κ3) is 3.78. The van der Waals surface area contributed by atoms with Crippen LogP contribution in [0.2, 0.25) is 0 Å². The molecule has 0 radical (unpaired) electrons. The van der Waals surface area contributed by atoms with Crippen LogP contribution in [0.4, 0.5) is 11.6 Å². The third-order valence-electron chi connectivity index (χ3n) is 7.41. The molecule has 1 saturated carbocycles. The minimum atomic E-state index is -0.401. The van der Waals surface area contributed by atoms with Crippen LogP contribution in [0, 0.1) is 0 Å². The second-order valence-electron chi connectivity index (χ2n) is 9.35. The number of hydrogen-bond donors (Lipinski definition) is 0.